The Balaban J connectivity index is 1.46. The number of aliphatic carboxylic acids is 1. The molecule has 6 atom stereocenters. The van der Waals surface area contributed by atoms with E-state index >= 15 is 0 Å². The maximum Gasteiger partial charge on any atom is 0.303 e. The highest BCUT2D eigenvalue weighted by molar-refractivity contribution is 5.66. The average Bonchev–Trinajstić information content (AvgIpc) is 3.01. The molecular weight excluding hydrogens is 248 g/mol. The Labute approximate surface area is 111 Å². The molecular formula is C14H18O5. The number of aldehydes is 1. The van der Waals surface area contributed by atoms with Crippen molar-refractivity contribution >= 4 is 12.3 Å². The van der Waals surface area contributed by atoms with Gasteiger partial charge in [-0.1, -0.05) is 12.2 Å². The zero-order valence-corrected chi connectivity index (χ0v) is 10.6. The molecule has 19 heavy (non-hydrogen) atoms. The fourth-order valence-corrected chi connectivity index (χ4v) is 3.33. The van der Waals surface area contributed by atoms with E-state index < -0.39 is 5.97 Å². The molecule has 0 spiro atoms. The number of unbranched alkanes of at least 4 members (excludes halogenated alkanes) is 1. The van der Waals surface area contributed by atoms with Crippen LogP contribution in [0.3, 0.4) is 0 Å². The number of carboxylic acid groups (broad SMARTS) is 1. The highest BCUT2D eigenvalue weighted by Gasteiger charge is 2.68. The molecule has 0 aromatic carbocycles. The van der Waals surface area contributed by atoms with E-state index in [4.69, 9.17) is 14.6 Å². The monoisotopic (exact) mass is 266 g/mol. The smallest absolute Gasteiger partial charge is 0.303 e. The molecule has 3 fully saturated rings. The van der Waals surface area contributed by atoms with Crippen LogP contribution in [-0.4, -0.2) is 41.8 Å². The van der Waals surface area contributed by atoms with E-state index in [1.807, 2.05) is 12.2 Å². The van der Waals surface area contributed by atoms with E-state index in [2.05, 4.69) is 0 Å². The summed E-state index contributed by atoms with van der Waals surface area (Å²) in [5.74, 6) is -0.577. The standard InChI is InChI=1S/C14H18O5/c15-7-9-8(5-3-1-2-4-6-10(16)17)11-13-14(19-13)12(9)18-11/h1,3,7-9,11-14H,2,4-6H2,(H,16,17)/b3-1-/t8-,9+,11+,12-,13-,14+/m0/s1. The first-order valence-electron chi connectivity index (χ1n) is 6.85. The summed E-state index contributed by atoms with van der Waals surface area (Å²) >= 11 is 0. The summed E-state index contributed by atoms with van der Waals surface area (Å²) in [6.45, 7) is 0. The Hall–Kier alpha value is -1.20. The van der Waals surface area contributed by atoms with Gasteiger partial charge in [0.25, 0.3) is 0 Å². The molecule has 5 nitrogen and oxygen atoms in total. The van der Waals surface area contributed by atoms with Crippen LogP contribution in [0.15, 0.2) is 12.2 Å². The second-order valence-corrected chi connectivity index (χ2v) is 5.50. The third kappa shape index (κ3) is 2.32. The van der Waals surface area contributed by atoms with Crippen LogP contribution in [0.4, 0.5) is 0 Å². The van der Waals surface area contributed by atoms with E-state index in [1.165, 1.54) is 0 Å². The fourth-order valence-electron chi connectivity index (χ4n) is 3.33. The minimum atomic E-state index is -0.757. The number of hydrogen-bond acceptors (Lipinski definition) is 4. The Morgan fingerprint density at radius 2 is 1.84 bits per heavy atom. The van der Waals surface area contributed by atoms with Gasteiger partial charge in [-0.25, -0.2) is 0 Å². The van der Waals surface area contributed by atoms with Crippen molar-refractivity contribution in [2.45, 2.75) is 50.1 Å². The number of rotatable bonds is 7. The lowest BCUT2D eigenvalue weighted by molar-refractivity contribution is -0.137. The van der Waals surface area contributed by atoms with Crippen molar-refractivity contribution in [3.63, 3.8) is 0 Å². The number of hydrogen-bond donors (Lipinski definition) is 1. The molecule has 0 saturated carbocycles. The molecule has 0 amide bonds. The van der Waals surface area contributed by atoms with E-state index in [0.717, 1.165) is 19.1 Å². The molecule has 5 heteroatoms. The van der Waals surface area contributed by atoms with Crippen LogP contribution in [0.1, 0.15) is 25.7 Å². The van der Waals surface area contributed by atoms with Gasteiger partial charge in [-0.2, -0.15) is 0 Å². The van der Waals surface area contributed by atoms with Gasteiger partial charge in [-0.05, 0) is 19.3 Å². The van der Waals surface area contributed by atoms with E-state index in [1.54, 1.807) is 0 Å². The van der Waals surface area contributed by atoms with Gasteiger partial charge in [0.15, 0.2) is 0 Å². The van der Waals surface area contributed by atoms with Gasteiger partial charge in [0.1, 0.15) is 18.5 Å². The lowest BCUT2D eigenvalue weighted by Crippen LogP contribution is -2.33. The minimum Gasteiger partial charge on any atom is -0.481 e. The molecule has 3 rings (SSSR count). The van der Waals surface area contributed by atoms with E-state index in [-0.39, 0.29) is 42.7 Å². The van der Waals surface area contributed by atoms with Crippen molar-refractivity contribution in [3.05, 3.63) is 12.2 Å². The Morgan fingerprint density at radius 1 is 1.11 bits per heavy atom. The Bertz CT molecular complexity index is 405. The van der Waals surface area contributed by atoms with Crippen LogP contribution < -0.4 is 0 Å². The first-order chi connectivity index (χ1) is 9.22. The van der Waals surface area contributed by atoms with Crippen molar-refractivity contribution in [3.8, 4) is 0 Å². The summed E-state index contributed by atoms with van der Waals surface area (Å²) in [6.07, 6.45) is 7.92. The molecule has 3 aliphatic rings. The van der Waals surface area contributed by atoms with Crippen molar-refractivity contribution < 1.29 is 24.2 Å². The molecule has 104 valence electrons. The van der Waals surface area contributed by atoms with Crippen molar-refractivity contribution in [1.82, 2.24) is 0 Å². The van der Waals surface area contributed by atoms with E-state index in [9.17, 15) is 9.59 Å². The molecule has 0 aliphatic carbocycles. The van der Waals surface area contributed by atoms with Gasteiger partial charge in [-0.15, -0.1) is 0 Å². The molecule has 3 heterocycles. The topological polar surface area (TPSA) is 76.1 Å². The molecule has 0 radical (unpaired) electrons. The summed E-state index contributed by atoms with van der Waals surface area (Å²) in [5, 5.41) is 8.52. The normalized spacial score (nSPS) is 42.5. The summed E-state index contributed by atoms with van der Waals surface area (Å²) < 4.78 is 11.3. The van der Waals surface area contributed by atoms with Gasteiger partial charge < -0.3 is 19.4 Å². The van der Waals surface area contributed by atoms with Crippen LogP contribution in [-0.2, 0) is 19.1 Å². The zero-order chi connectivity index (χ0) is 13.4. The molecule has 0 aromatic heterocycles. The fraction of sp³-hybridized carbons (Fsp3) is 0.714. The predicted octanol–water partition coefficient (Wildman–Crippen LogP) is 1.17. The number of carbonyl (C=O) groups excluding carboxylic acids is 1. The predicted molar refractivity (Wildman–Crippen MR) is 65.6 cm³/mol. The summed E-state index contributed by atoms with van der Waals surface area (Å²) in [4.78, 5) is 21.5. The largest absolute Gasteiger partial charge is 0.481 e. The first-order valence-corrected chi connectivity index (χ1v) is 6.85. The summed E-state index contributed by atoms with van der Waals surface area (Å²) in [6, 6.07) is 0. The Morgan fingerprint density at radius 3 is 2.58 bits per heavy atom. The van der Waals surface area contributed by atoms with Crippen molar-refractivity contribution in [2.75, 3.05) is 0 Å². The van der Waals surface area contributed by atoms with Crippen LogP contribution in [0.5, 0.6) is 0 Å². The molecule has 2 bridgehead atoms. The van der Waals surface area contributed by atoms with Crippen LogP contribution in [0, 0.1) is 11.8 Å². The number of carboxylic acids is 1. The first kappa shape index (κ1) is 12.8. The Kier molecular flexibility index (Phi) is 3.41. The molecule has 1 N–H and O–H groups in total. The lowest BCUT2D eigenvalue weighted by Gasteiger charge is -2.19. The maximum absolute atomic E-state index is 11.2. The van der Waals surface area contributed by atoms with Crippen molar-refractivity contribution in [2.24, 2.45) is 11.8 Å². The average molecular weight is 266 g/mol. The van der Waals surface area contributed by atoms with Gasteiger partial charge in [0, 0.05) is 18.3 Å². The second-order valence-electron chi connectivity index (χ2n) is 5.50. The molecule has 0 aromatic rings. The van der Waals surface area contributed by atoms with Gasteiger partial charge in [0.05, 0.1) is 12.2 Å². The SMILES string of the molecule is O=C[C@@H]1[C@H](C/C=C\CCCC(=O)O)[C@H]2O[C@@H]1[C@H]1O[C@H]12. The van der Waals surface area contributed by atoms with Gasteiger partial charge in [0.2, 0.25) is 0 Å². The number of epoxide rings is 1. The zero-order valence-electron chi connectivity index (χ0n) is 10.6. The highest BCUT2D eigenvalue weighted by Crippen LogP contribution is 2.54. The van der Waals surface area contributed by atoms with Crippen molar-refractivity contribution in [1.29, 1.82) is 0 Å². The van der Waals surface area contributed by atoms with Crippen LogP contribution in [0.25, 0.3) is 0 Å². The van der Waals surface area contributed by atoms with Gasteiger partial charge >= 0.3 is 5.97 Å². The lowest BCUT2D eigenvalue weighted by atomic mass is 9.78. The number of allylic oxidation sites excluding steroid dienone is 2. The summed E-state index contributed by atoms with van der Waals surface area (Å²) in [5.41, 5.74) is 0. The third-order valence-corrected chi connectivity index (χ3v) is 4.31. The maximum atomic E-state index is 11.2. The number of fused-ring (bicyclic) bond motifs is 5. The minimum absolute atomic E-state index is 0.0297. The number of carbonyl (C=O) groups is 2. The number of ether oxygens (including phenoxy) is 2. The van der Waals surface area contributed by atoms with Gasteiger partial charge in [-0.3, -0.25) is 4.79 Å². The molecule has 3 aliphatic heterocycles. The third-order valence-electron chi connectivity index (χ3n) is 4.31. The second kappa shape index (κ2) is 5.06. The van der Waals surface area contributed by atoms with E-state index in [0.29, 0.717) is 6.42 Å². The van der Waals surface area contributed by atoms with Crippen LogP contribution >= 0.6 is 0 Å². The van der Waals surface area contributed by atoms with Crippen LogP contribution in [0.2, 0.25) is 0 Å². The highest BCUT2D eigenvalue weighted by atomic mass is 16.7. The summed E-state index contributed by atoms with van der Waals surface area (Å²) in [7, 11) is 0. The molecule has 0 unspecified atom stereocenters. The molecule has 3 saturated heterocycles. The quantitative estimate of drug-likeness (QED) is 0.324.